The number of aliphatic hydroxyl groups is 1. The van der Waals surface area contributed by atoms with Crippen LogP contribution in [0.1, 0.15) is 131 Å². The Balaban J connectivity index is 2.84. The largest absolute Gasteiger partial charge is 0.508 e. The molecule has 0 radical (unpaired) electrons. The van der Waals surface area contributed by atoms with Gasteiger partial charge in [-0.2, -0.15) is 0 Å². The Labute approximate surface area is 344 Å². The Morgan fingerprint density at radius 3 is 1.64 bits per heavy atom. The van der Waals surface area contributed by atoms with Gasteiger partial charge in [-0.1, -0.05) is 117 Å². The molecule has 0 fully saturated rings. The number of unbranched alkanes of at least 4 members (excludes halogenated alkanes) is 10. The van der Waals surface area contributed by atoms with Gasteiger partial charge in [-0.05, 0) is 42.9 Å². The highest BCUT2D eigenvalue weighted by Gasteiger charge is 2.35. The second kappa shape index (κ2) is 28.6. The van der Waals surface area contributed by atoms with Crippen molar-refractivity contribution in [3.63, 3.8) is 0 Å². The van der Waals surface area contributed by atoms with E-state index in [0.29, 0.717) is 18.4 Å². The van der Waals surface area contributed by atoms with Gasteiger partial charge in [0.25, 0.3) is 0 Å². The molecule has 0 aliphatic heterocycles. The molecule has 0 spiro atoms. The molecule has 58 heavy (non-hydrogen) atoms. The summed E-state index contributed by atoms with van der Waals surface area (Å²) in [7, 11) is 0. The first kappa shape index (κ1) is 51.3. The molecule has 0 aliphatic rings. The normalized spacial score (nSPS) is 14.2. The lowest BCUT2D eigenvalue weighted by Crippen LogP contribution is -2.62. The smallest absolute Gasteiger partial charge is 0.245 e. The lowest BCUT2D eigenvalue weighted by Gasteiger charge is -2.30. The summed E-state index contributed by atoms with van der Waals surface area (Å²) in [5.74, 6) is -5.64. The summed E-state index contributed by atoms with van der Waals surface area (Å²) in [5.41, 5.74) is 5.70. The number of phenolic OH excluding ortho intramolecular Hbond substituents is 1. The van der Waals surface area contributed by atoms with Crippen molar-refractivity contribution in [1.82, 2.24) is 31.9 Å². The fraction of sp³-hybridized carbons (Fsp3) is 0.690. The number of carbonyl (C=O) groups excluding carboxylic acids is 7. The molecule has 6 atom stereocenters. The van der Waals surface area contributed by atoms with Crippen molar-refractivity contribution in [3.05, 3.63) is 29.8 Å². The number of primary amides is 1. The Hall–Kier alpha value is -4.73. The lowest BCUT2D eigenvalue weighted by molar-refractivity contribution is -0.137. The topological polar surface area (TPSA) is 258 Å². The SMILES string of the molecule is CCCCCCCCCCCCCC(=O)NCC(=O)N[C@H](C(=O)N[C@H](C(=O)N[C@H](C(=O)N[C@@H](Cc1ccc(O)cc1)C(=O)NCC(N)=O)[C@@H](C)O)C(C)C)[C@@H](C)CC. The molecule has 16 nitrogen and oxygen atoms in total. The maximum absolute atomic E-state index is 13.6. The molecule has 1 rings (SSSR count). The maximum Gasteiger partial charge on any atom is 0.245 e. The molecule has 1 aromatic rings. The van der Waals surface area contributed by atoms with Gasteiger partial charge >= 0.3 is 0 Å². The van der Waals surface area contributed by atoms with Crippen molar-refractivity contribution < 1.29 is 43.8 Å². The number of rotatable bonds is 30. The van der Waals surface area contributed by atoms with E-state index < -0.39 is 78.2 Å². The summed E-state index contributed by atoms with van der Waals surface area (Å²) in [6, 6.07) is 0.750. The number of hydrogen-bond acceptors (Lipinski definition) is 9. The van der Waals surface area contributed by atoms with Gasteiger partial charge < -0.3 is 47.8 Å². The second-order valence-electron chi connectivity index (χ2n) is 15.6. The fourth-order valence-corrected chi connectivity index (χ4v) is 6.21. The quantitative estimate of drug-likeness (QED) is 0.0516. The third-order valence-electron chi connectivity index (χ3n) is 10.0. The van der Waals surface area contributed by atoms with Gasteiger partial charge in [0.15, 0.2) is 0 Å². The van der Waals surface area contributed by atoms with E-state index in [0.717, 1.165) is 25.7 Å². The van der Waals surface area contributed by atoms with Gasteiger partial charge in [-0.25, -0.2) is 0 Å². The summed E-state index contributed by atoms with van der Waals surface area (Å²) in [4.78, 5) is 90.4. The molecule has 0 saturated heterocycles. The van der Waals surface area contributed by atoms with Crippen LogP contribution in [-0.2, 0) is 40.0 Å². The van der Waals surface area contributed by atoms with E-state index >= 15 is 0 Å². The third-order valence-corrected chi connectivity index (χ3v) is 10.0. The molecular formula is C42H71N7O9. The molecule has 7 amide bonds. The minimum Gasteiger partial charge on any atom is -0.508 e. The highest BCUT2D eigenvalue weighted by Crippen LogP contribution is 2.14. The van der Waals surface area contributed by atoms with Crippen molar-refractivity contribution in [3.8, 4) is 5.75 Å². The first-order valence-electron chi connectivity index (χ1n) is 21.0. The molecule has 0 bridgehead atoms. The van der Waals surface area contributed by atoms with E-state index in [-0.39, 0.29) is 30.5 Å². The molecule has 10 N–H and O–H groups in total. The van der Waals surface area contributed by atoms with Crippen LogP contribution in [-0.4, -0.2) is 94.9 Å². The van der Waals surface area contributed by atoms with Gasteiger partial charge in [0.05, 0.1) is 19.2 Å². The standard InChI is InChI=1S/C42H71N7O9/c1-7-9-10-11-12-13-14-15-16-17-18-19-34(53)44-26-35(54)47-37(28(5)8-2)41(57)48-36(27(3)4)40(56)49-38(29(6)50)42(58)46-32(39(55)45-25-33(43)52)24-30-20-22-31(51)23-21-30/h20-23,27-29,32,36-38,50-51H,7-19,24-26H2,1-6H3,(H2,43,52)(H,44,53)(H,45,55)(H,46,58)(H,47,54)(H,48,57)(H,49,56)/t28-,29+,32-,36-,37-,38-/m0/s1. The molecule has 0 aliphatic carbocycles. The fourth-order valence-electron chi connectivity index (χ4n) is 6.21. The molecular weight excluding hydrogens is 747 g/mol. The van der Waals surface area contributed by atoms with E-state index in [1.165, 1.54) is 76.1 Å². The average molecular weight is 818 g/mol. The summed E-state index contributed by atoms with van der Waals surface area (Å²) < 4.78 is 0. The van der Waals surface area contributed by atoms with Crippen molar-refractivity contribution >= 4 is 41.4 Å². The number of aromatic hydroxyl groups is 1. The number of hydrogen-bond donors (Lipinski definition) is 9. The molecule has 0 heterocycles. The van der Waals surface area contributed by atoms with Crippen molar-refractivity contribution in [2.45, 2.75) is 162 Å². The van der Waals surface area contributed by atoms with Gasteiger partial charge in [-0.15, -0.1) is 0 Å². The lowest BCUT2D eigenvalue weighted by atomic mass is 9.96. The van der Waals surface area contributed by atoms with Crippen LogP contribution in [0.2, 0.25) is 0 Å². The second-order valence-corrected chi connectivity index (χ2v) is 15.6. The Morgan fingerprint density at radius 2 is 1.12 bits per heavy atom. The third kappa shape index (κ3) is 21.1. The van der Waals surface area contributed by atoms with Gasteiger partial charge in [-0.3, -0.25) is 33.6 Å². The molecule has 16 heteroatoms. The number of nitrogens with two attached hydrogens (primary N) is 1. The predicted molar refractivity (Wildman–Crippen MR) is 222 cm³/mol. The van der Waals surface area contributed by atoms with Crippen LogP contribution < -0.4 is 37.6 Å². The van der Waals surface area contributed by atoms with Crippen molar-refractivity contribution in [2.24, 2.45) is 17.6 Å². The minimum atomic E-state index is -1.57. The molecule has 328 valence electrons. The van der Waals surface area contributed by atoms with E-state index in [2.05, 4.69) is 38.8 Å². The van der Waals surface area contributed by atoms with E-state index in [1.54, 1.807) is 20.8 Å². The van der Waals surface area contributed by atoms with Crippen LogP contribution in [0.5, 0.6) is 5.75 Å². The van der Waals surface area contributed by atoms with Crippen LogP contribution in [0.4, 0.5) is 0 Å². The van der Waals surface area contributed by atoms with E-state index in [4.69, 9.17) is 5.73 Å². The number of nitrogens with one attached hydrogen (secondary N) is 6. The highest BCUT2D eigenvalue weighted by atomic mass is 16.3. The van der Waals surface area contributed by atoms with Gasteiger partial charge in [0, 0.05) is 12.8 Å². The minimum absolute atomic E-state index is 0.0160. The zero-order chi connectivity index (χ0) is 43.6. The monoisotopic (exact) mass is 818 g/mol. The molecule has 0 unspecified atom stereocenters. The Bertz CT molecular complexity index is 1440. The van der Waals surface area contributed by atoms with Crippen LogP contribution in [0.3, 0.4) is 0 Å². The van der Waals surface area contributed by atoms with Crippen LogP contribution >= 0.6 is 0 Å². The van der Waals surface area contributed by atoms with Crippen LogP contribution in [0, 0.1) is 11.8 Å². The zero-order valence-electron chi connectivity index (χ0n) is 35.5. The predicted octanol–water partition coefficient (Wildman–Crippen LogP) is 2.38. The summed E-state index contributed by atoms with van der Waals surface area (Å²) in [6.07, 6.45) is 12.1. The first-order chi connectivity index (χ1) is 27.5. The molecule has 0 aromatic heterocycles. The summed E-state index contributed by atoms with van der Waals surface area (Å²) >= 11 is 0. The van der Waals surface area contributed by atoms with E-state index in [1.807, 2.05) is 6.92 Å². The van der Waals surface area contributed by atoms with Crippen molar-refractivity contribution in [1.29, 1.82) is 0 Å². The van der Waals surface area contributed by atoms with Gasteiger partial charge in [0.2, 0.25) is 41.4 Å². The number of aliphatic hydroxyl groups excluding tert-OH is 1. The van der Waals surface area contributed by atoms with E-state index in [9.17, 15) is 43.8 Å². The number of benzene rings is 1. The Morgan fingerprint density at radius 1 is 0.603 bits per heavy atom. The number of amides is 7. The van der Waals surface area contributed by atoms with Crippen LogP contribution in [0.15, 0.2) is 24.3 Å². The number of phenols is 1. The summed E-state index contributed by atoms with van der Waals surface area (Å²) in [6.45, 7) is 9.60. The maximum atomic E-state index is 13.6. The first-order valence-corrected chi connectivity index (χ1v) is 21.0. The highest BCUT2D eigenvalue weighted by molar-refractivity contribution is 5.96. The van der Waals surface area contributed by atoms with Gasteiger partial charge in [0.1, 0.15) is 29.9 Å². The Kier molecular flexibility index (Phi) is 25.3. The zero-order valence-corrected chi connectivity index (χ0v) is 35.5. The number of carbonyl (C=O) groups is 7. The van der Waals surface area contributed by atoms with Crippen molar-refractivity contribution in [2.75, 3.05) is 13.1 Å². The molecule has 1 aromatic carbocycles. The summed E-state index contributed by atoms with van der Waals surface area (Å²) in [5, 5.41) is 35.5. The van der Waals surface area contributed by atoms with Crippen LogP contribution in [0.25, 0.3) is 0 Å². The molecule has 0 saturated carbocycles. The average Bonchev–Trinajstić information content (AvgIpc) is 3.17.